The van der Waals surface area contributed by atoms with Crippen LogP contribution in [0.2, 0.25) is 0 Å². The van der Waals surface area contributed by atoms with Crippen LogP contribution in [-0.4, -0.2) is 27.8 Å². The minimum atomic E-state index is -1.07. The van der Waals surface area contributed by atoms with Crippen molar-refractivity contribution in [3.63, 3.8) is 0 Å². The maximum atomic E-state index is 10.6. The maximum Gasteiger partial charge on any atom is 0.272 e. The second kappa shape index (κ2) is 5.72. The zero-order chi connectivity index (χ0) is 13.0. The van der Waals surface area contributed by atoms with Gasteiger partial charge >= 0.3 is 0 Å². The minimum Gasteiger partial charge on any atom is -0.390 e. The highest BCUT2D eigenvalue weighted by molar-refractivity contribution is 5.42. The molecule has 0 aliphatic heterocycles. The van der Waals surface area contributed by atoms with Crippen molar-refractivity contribution in [3.05, 3.63) is 39.4 Å². The summed E-state index contributed by atoms with van der Waals surface area (Å²) in [6.07, 6.45) is -1.75. The summed E-state index contributed by atoms with van der Waals surface area (Å²) < 4.78 is 0. The molecule has 0 bridgehead atoms. The van der Waals surface area contributed by atoms with Crippen LogP contribution in [0.4, 0.5) is 5.69 Å². The van der Waals surface area contributed by atoms with E-state index in [0.29, 0.717) is 11.1 Å². The van der Waals surface area contributed by atoms with E-state index in [1.807, 2.05) is 0 Å². The quantitative estimate of drug-likeness (QED) is 0.517. The molecule has 0 radical (unpaired) electrons. The van der Waals surface area contributed by atoms with E-state index in [1.165, 1.54) is 18.2 Å². The topological polar surface area (TPSA) is 110 Å². The van der Waals surface area contributed by atoms with Crippen molar-refractivity contribution in [2.24, 2.45) is 5.73 Å². The van der Waals surface area contributed by atoms with E-state index >= 15 is 0 Å². The van der Waals surface area contributed by atoms with Crippen LogP contribution in [-0.2, 0) is 0 Å². The Morgan fingerprint density at radius 3 is 2.59 bits per heavy atom. The van der Waals surface area contributed by atoms with E-state index in [2.05, 4.69) is 0 Å². The summed E-state index contributed by atoms with van der Waals surface area (Å²) in [5.41, 5.74) is 6.18. The van der Waals surface area contributed by atoms with Crippen molar-refractivity contribution in [1.29, 1.82) is 0 Å². The third-order valence-electron chi connectivity index (χ3n) is 2.59. The molecule has 0 heterocycles. The third kappa shape index (κ3) is 3.23. The molecule has 1 aromatic carbocycles. The average Bonchev–Trinajstić information content (AvgIpc) is 2.27. The Labute approximate surface area is 98.8 Å². The Balaban J connectivity index is 2.93. The molecule has 6 nitrogen and oxygen atoms in total. The molecule has 2 atom stereocenters. The normalized spacial score (nSPS) is 14.4. The standard InChI is InChI=1S/C11H16N2O4/c1-7-6-8(2-3-9(7)13(16)17)11(15)10(14)4-5-12/h2-3,6,10-11,14-15H,4-5,12H2,1H3. The van der Waals surface area contributed by atoms with Gasteiger partial charge in [0.05, 0.1) is 11.0 Å². The fourth-order valence-electron chi connectivity index (χ4n) is 1.62. The number of hydrogen-bond acceptors (Lipinski definition) is 5. The van der Waals surface area contributed by atoms with E-state index in [4.69, 9.17) is 5.73 Å². The Morgan fingerprint density at radius 1 is 1.47 bits per heavy atom. The van der Waals surface area contributed by atoms with Gasteiger partial charge in [-0.15, -0.1) is 0 Å². The summed E-state index contributed by atoms with van der Waals surface area (Å²) in [5.74, 6) is 0. The molecule has 0 aliphatic carbocycles. The summed E-state index contributed by atoms with van der Waals surface area (Å²) in [6, 6.07) is 4.27. The molecule has 6 heteroatoms. The van der Waals surface area contributed by atoms with E-state index in [0.717, 1.165) is 0 Å². The zero-order valence-electron chi connectivity index (χ0n) is 9.54. The van der Waals surface area contributed by atoms with Crippen LogP contribution >= 0.6 is 0 Å². The highest BCUT2D eigenvalue weighted by Gasteiger charge is 2.20. The molecule has 4 N–H and O–H groups in total. The van der Waals surface area contributed by atoms with Crippen molar-refractivity contribution >= 4 is 5.69 Å². The largest absolute Gasteiger partial charge is 0.390 e. The second-order valence-corrected chi connectivity index (χ2v) is 3.89. The van der Waals surface area contributed by atoms with Crippen molar-refractivity contribution < 1.29 is 15.1 Å². The predicted molar refractivity (Wildman–Crippen MR) is 62.5 cm³/mol. The summed E-state index contributed by atoms with van der Waals surface area (Å²) in [4.78, 5) is 10.1. The molecule has 1 aromatic rings. The second-order valence-electron chi connectivity index (χ2n) is 3.89. The van der Waals surface area contributed by atoms with Gasteiger partial charge in [0, 0.05) is 11.6 Å². The first-order valence-corrected chi connectivity index (χ1v) is 5.28. The van der Waals surface area contributed by atoms with Gasteiger partial charge in [-0.1, -0.05) is 0 Å². The van der Waals surface area contributed by atoms with E-state index in [-0.39, 0.29) is 18.7 Å². The fourth-order valence-corrected chi connectivity index (χ4v) is 1.62. The number of nitrogens with zero attached hydrogens (tertiary/aromatic N) is 1. The number of rotatable bonds is 5. The first kappa shape index (κ1) is 13.6. The summed E-state index contributed by atoms with van der Waals surface area (Å²) in [6.45, 7) is 1.86. The van der Waals surface area contributed by atoms with Gasteiger partial charge in [-0.2, -0.15) is 0 Å². The molecule has 0 fully saturated rings. The number of aliphatic hydroxyl groups excluding tert-OH is 2. The highest BCUT2D eigenvalue weighted by Crippen LogP contribution is 2.25. The molecule has 17 heavy (non-hydrogen) atoms. The average molecular weight is 240 g/mol. The van der Waals surface area contributed by atoms with Crippen LogP contribution < -0.4 is 5.73 Å². The molecular weight excluding hydrogens is 224 g/mol. The number of nitro groups is 1. The first-order valence-electron chi connectivity index (χ1n) is 5.28. The van der Waals surface area contributed by atoms with Gasteiger partial charge in [0.1, 0.15) is 6.10 Å². The lowest BCUT2D eigenvalue weighted by Crippen LogP contribution is -2.21. The molecule has 0 spiro atoms. The van der Waals surface area contributed by atoms with Crippen LogP contribution in [0.5, 0.6) is 0 Å². The van der Waals surface area contributed by atoms with Gasteiger partial charge in [-0.25, -0.2) is 0 Å². The van der Waals surface area contributed by atoms with E-state index < -0.39 is 17.1 Å². The van der Waals surface area contributed by atoms with Crippen molar-refractivity contribution in [2.45, 2.75) is 25.6 Å². The van der Waals surface area contributed by atoms with Gasteiger partial charge in [-0.3, -0.25) is 10.1 Å². The van der Waals surface area contributed by atoms with Crippen LogP contribution in [0.3, 0.4) is 0 Å². The Hall–Kier alpha value is -1.50. The molecule has 1 rings (SSSR count). The van der Waals surface area contributed by atoms with Crippen LogP contribution in [0.1, 0.15) is 23.7 Å². The lowest BCUT2D eigenvalue weighted by atomic mass is 10.00. The molecule has 0 saturated heterocycles. The lowest BCUT2D eigenvalue weighted by molar-refractivity contribution is -0.385. The first-order chi connectivity index (χ1) is 7.97. The molecule has 0 aromatic heterocycles. The number of aryl methyl sites for hydroxylation is 1. The van der Waals surface area contributed by atoms with Gasteiger partial charge in [0.25, 0.3) is 5.69 Å². The molecule has 94 valence electrons. The van der Waals surface area contributed by atoms with E-state index in [9.17, 15) is 20.3 Å². The number of benzene rings is 1. The number of nitro benzene ring substituents is 1. The number of aliphatic hydroxyl groups is 2. The van der Waals surface area contributed by atoms with E-state index in [1.54, 1.807) is 6.92 Å². The molecule has 0 saturated carbocycles. The van der Waals surface area contributed by atoms with Gasteiger partial charge in [0.15, 0.2) is 0 Å². The molecular formula is C11H16N2O4. The summed E-state index contributed by atoms with van der Waals surface area (Å²) >= 11 is 0. The van der Waals surface area contributed by atoms with Crippen LogP contribution in [0.15, 0.2) is 18.2 Å². The van der Waals surface area contributed by atoms with Crippen molar-refractivity contribution in [2.75, 3.05) is 6.54 Å². The van der Waals surface area contributed by atoms with Crippen molar-refractivity contribution in [3.8, 4) is 0 Å². The zero-order valence-corrected chi connectivity index (χ0v) is 9.54. The highest BCUT2D eigenvalue weighted by atomic mass is 16.6. The Kier molecular flexibility index (Phi) is 4.56. The SMILES string of the molecule is Cc1cc(C(O)C(O)CCN)ccc1[N+](=O)[O-]. The third-order valence-corrected chi connectivity index (χ3v) is 2.59. The molecule has 2 unspecified atom stereocenters. The molecule has 0 aliphatic rings. The minimum absolute atomic E-state index is 0.00531. The predicted octanol–water partition coefficient (Wildman–Crippen LogP) is 0.646. The lowest BCUT2D eigenvalue weighted by Gasteiger charge is -2.17. The summed E-state index contributed by atoms with van der Waals surface area (Å²) in [7, 11) is 0. The molecule has 0 amide bonds. The Morgan fingerprint density at radius 2 is 2.12 bits per heavy atom. The van der Waals surface area contributed by atoms with Gasteiger partial charge < -0.3 is 15.9 Å². The van der Waals surface area contributed by atoms with Crippen molar-refractivity contribution in [1.82, 2.24) is 0 Å². The monoisotopic (exact) mass is 240 g/mol. The van der Waals surface area contributed by atoms with Gasteiger partial charge in [0.2, 0.25) is 0 Å². The Bertz CT molecular complexity index is 408. The number of hydrogen-bond donors (Lipinski definition) is 3. The number of nitrogens with two attached hydrogens (primary N) is 1. The maximum absolute atomic E-state index is 10.6. The van der Waals surface area contributed by atoms with Crippen LogP contribution in [0, 0.1) is 17.0 Å². The van der Waals surface area contributed by atoms with Gasteiger partial charge in [-0.05, 0) is 37.6 Å². The van der Waals surface area contributed by atoms with Crippen LogP contribution in [0.25, 0.3) is 0 Å². The summed E-state index contributed by atoms with van der Waals surface area (Å²) in [5, 5.41) is 30.0. The smallest absolute Gasteiger partial charge is 0.272 e. The fraction of sp³-hybridized carbons (Fsp3) is 0.455.